The summed E-state index contributed by atoms with van der Waals surface area (Å²) < 4.78 is 0. The topological polar surface area (TPSA) is 30.0 Å². The van der Waals surface area contributed by atoms with Crippen LogP contribution in [0.5, 0.6) is 0 Å². The van der Waals surface area contributed by atoms with Crippen LogP contribution < -0.4 is 0 Å². The number of aliphatic hydroxyl groups is 1. The lowest BCUT2D eigenvalue weighted by atomic mass is 10.0. The maximum absolute atomic E-state index is 9.52. The fourth-order valence-corrected chi connectivity index (χ4v) is 3.10. The van der Waals surface area contributed by atoms with Gasteiger partial charge in [-0.3, -0.25) is 0 Å². The molecule has 0 spiro atoms. The number of hydrogen-bond acceptors (Lipinski definition) is 4. The molecule has 0 amide bonds. The van der Waals surface area contributed by atoms with E-state index < -0.39 is 0 Å². The Bertz CT molecular complexity index is 232. The van der Waals surface area contributed by atoms with Gasteiger partial charge in [-0.2, -0.15) is 0 Å². The third kappa shape index (κ3) is 7.02. The van der Waals surface area contributed by atoms with Gasteiger partial charge in [0, 0.05) is 45.8 Å². The summed E-state index contributed by atoms with van der Waals surface area (Å²) in [4.78, 5) is 7.70. The standard InChI is InChI=1S/C16H35N3O/c1-5-17-7-8-18(6-2)10-12-19(11-9-17)14-15(3)13-16(4)20/h15-16,20H,5-14H2,1-4H3. The Kier molecular flexibility index (Phi) is 8.69. The van der Waals surface area contributed by atoms with E-state index in [0.29, 0.717) is 5.92 Å². The number of aliphatic hydroxyl groups excluding tert-OH is 1. The van der Waals surface area contributed by atoms with Crippen LogP contribution in [-0.4, -0.2) is 84.8 Å². The summed E-state index contributed by atoms with van der Waals surface area (Å²) in [6.45, 7) is 19.1. The zero-order valence-corrected chi connectivity index (χ0v) is 14.0. The molecular formula is C16H35N3O. The van der Waals surface area contributed by atoms with Crippen molar-refractivity contribution in [2.45, 2.75) is 40.2 Å². The van der Waals surface area contributed by atoms with Gasteiger partial charge in [0.2, 0.25) is 0 Å². The first-order valence-corrected chi connectivity index (χ1v) is 8.40. The molecule has 1 saturated heterocycles. The fourth-order valence-electron chi connectivity index (χ4n) is 3.10. The van der Waals surface area contributed by atoms with E-state index in [2.05, 4.69) is 35.5 Å². The van der Waals surface area contributed by atoms with Crippen molar-refractivity contribution >= 4 is 0 Å². The lowest BCUT2D eigenvalue weighted by molar-refractivity contribution is 0.137. The largest absolute Gasteiger partial charge is 0.393 e. The van der Waals surface area contributed by atoms with Gasteiger partial charge in [-0.1, -0.05) is 20.8 Å². The van der Waals surface area contributed by atoms with Crippen LogP contribution in [0.4, 0.5) is 0 Å². The number of hydrogen-bond donors (Lipinski definition) is 1. The van der Waals surface area contributed by atoms with E-state index in [4.69, 9.17) is 0 Å². The van der Waals surface area contributed by atoms with E-state index in [1.807, 2.05) is 6.92 Å². The molecule has 0 aromatic rings. The maximum Gasteiger partial charge on any atom is 0.0515 e. The van der Waals surface area contributed by atoms with Crippen LogP contribution in [0.25, 0.3) is 0 Å². The van der Waals surface area contributed by atoms with Gasteiger partial charge in [-0.15, -0.1) is 0 Å². The lowest BCUT2D eigenvalue weighted by Gasteiger charge is -2.28. The van der Waals surface area contributed by atoms with Crippen LogP contribution in [0.3, 0.4) is 0 Å². The first kappa shape index (κ1) is 17.9. The van der Waals surface area contributed by atoms with Gasteiger partial charge in [0.15, 0.2) is 0 Å². The van der Waals surface area contributed by atoms with Gasteiger partial charge in [0.25, 0.3) is 0 Å². The Morgan fingerprint density at radius 2 is 1.20 bits per heavy atom. The molecule has 2 atom stereocenters. The van der Waals surface area contributed by atoms with Crippen molar-refractivity contribution < 1.29 is 5.11 Å². The second-order valence-corrected chi connectivity index (χ2v) is 6.36. The normalized spacial score (nSPS) is 23.9. The Labute approximate surface area is 125 Å². The van der Waals surface area contributed by atoms with Crippen molar-refractivity contribution in [2.24, 2.45) is 5.92 Å². The minimum Gasteiger partial charge on any atom is -0.393 e. The van der Waals surface area contributed by atoms with E-state index in [9.17, 15) is 5.11 Å². The number of likely N-dealkylation sites (N-methyl/N-ethyl adjacent to an activating group) is 2. The molecule has 1 aliphatic rings. The van der Waals surface area contributed by atoms with E-state index in [0.717, 1.165) is 39.1 Å². The molecule has 4 nitrogen and oxygen atoms in total. The van der Waals surface area contributed by atoms with Crippen molar-refractivity contribution in [1.29, 1.82) is 0 Å². The van der Waals surface area contributed by atoms with Crippen LogP contribution in [0, 0.1) is 5.92 Å². The second kappa shape index (κ2) is 9.72. The molecule has 0 saturated carbocycles. The minimum atomic E-state index is -0.179. The van der Waals surface area contributed by atoms with Gasteiger partial charge in [0.05, 0.1) is 6.10 Å². The Hall–Kier alpha value is -0.160. The summed E-state index contributed by atoms with van der Waals surface area (Å²) >= 11 is 0. The highest BCUT2D eigenvalue weighted by molar-refractivity contribution is 4.72. The first-order chi connectivity index (χ1) is 9.55. The molecule has 0 aromatic heterocycles. The van der Waals surface area contributed by atoms with Crippen molar-refractivity contribution in [3.8, 4) is 0 Å². The van der Waals surface area contributed by atoms with Gasteiger partial charge < -0.3 is 19.8 Å². The second-order valence-electron chi connectivity index (χ2n) is 6.36. The maximum atomic E-state index is 9.52. The molecule has 1 N–H and O–H groups in total. The molecule has 2 unspecified atom stereocenters. The van der Waals surface area contributed by atoms with E-state index in [1.54, 1.807) is 0 Å². The fraction of sp³-hybridized carbons (Fsp3) is 1.00. The zero-order chi connectivity index (χ0) is 15.0. The summed E-state index contributed by atoms with van der Waals surface area (Å²) in [6.07, 6.45) is 0.729. The zero-order valence-electron chi connectivity index (χ0n) is 14.0. The Morgan fingerprint density at radius 3 is 1.55 bits per heavy atom. The molecule has 1 heterocycles. The smallest absolute Gasteiger partial charge is 0.0515 e. The summed E-state index contributed by atoms with van der Waals surface area (Å²) in [5, 5.41) is 9.52. The number of rotatable bonds is 6. The molecule has 0 bridgehead atoms. The van der Waals surface area contributed by atoms with Crippen molar-refractivity contribution in [2.75, 3.05) is 58.9 Å². The monoisotopic (exact) mass is 285 g/mol. The van der Waals surface area contributed by atoms with Crippen LogP contribution in [0.1, 0.15) is 34.1 Å². The molecular weight excluding hydrogens is 250 g/mol. The van der Waals surface area contributed by atoms with Crippen LogP contribution in [-0.2, 0) is 0 Å². The van der Waals surface area contributed by atoms with Crippen molar-refractivity contribution in [3.63, 3.8) is 0 Å². The summed E-state index contributed by atoms with van der Waals surface area (Å²) in [7, 11) is 0. The average molecular weight is 285 g/mol. The molecule has 0 aliphatic carbocycles. The third-order valence-corrected chi connectivity index (χ3v) is 4.41. The molecule has 0 radical (unpaired) electrons. The number of nitrogens with zero attached hydrogens (tertiary/aromatic N) is 3. The first-order valence-electron chi connectivity index (χ1n) is 8.40. The molecule has 1 aliphatic heterocycles. The van der Waals surface area contributed by atoms with E-state index in [1.165, 1.54) is 26.2 Å². The highest BCUT2D eigenvalue weighted by atomic mass is 16.3. The molecule has 120 valence electrons. The highest BCUT2D eigenvalue weighted by Gasteiger charge is 2.17. The lowest BCUT2D eigenvalue weighted by Crippen LogP contribution is -2.38. The van der Waals surface area contributed by atoms with Gasteiger partial charge in [0.1, 0.15) is 0 Å². The molecule has 1 rings (SSSR count). The van der Waals surface area contributed by atoms with Crippen LogP contribution >= 0.6 is 0 Å². The predicted molar refractivity (Wildman–Crippen MR) is 86.1 cm³/mol. The Morgan fingerprint density at radius 1 is 0.800 bits per heavy atom. The summed E-state index contributed by atoms with van der Waals surface area (Å²) in [6, 6.07) is 0. The van der Waals surface area contributed by atoms with Gasteiger partial charge in [-0.25, -0.2) is 0 Å². The van der Waals surface area contributed by atoms with E-state index >= 15 is 0 Å². The van der Waals surface area contributed by atoms with Crippen molar-refractivity contribution in [3.05, 3.63) is 0 Å². The highest BCUT2D eigenvalue weighted by Crippen LogP contribution is 2.09. The van der Waals surface area contributed by atoms with E-state index in [-0.39, 0.29) is 6.10 Å². The molecule has 20 heavy (non-hydrogen) atoms. The predicted octanol–water partition coefficient (Wildman–Crippen LogP) is 1.35. The van der Waals surface area contributed by atoms with Crippen LogP contribution in [0.2, 0.25) is 0 Å². The van der Waals surface area contributed by atoms with Crippen LogP contribution in [0.15, 0.2) is 0 Å². The summed E-state index contributed by atoms with van der Waals surface area (Å²) in [5.74, 6) is 0.570. The summed E-state index contributed by atoms with van der Waals surface area (Å²) in [5.41, 5.74) is 0. The molecule has 1 fully saturated rings. The average Bonchev–Trinajstić information content (AvgIpc) is 2.48. The van der Waals surface area contributed by atoms with Gasteiger partial charge >= 0.3 is 0 Å². The van der Waals surface area contributed by atoms with Gasteiger partial charge in [-0.05, 0) is 32.4 Å². The molecule has 4 heteroatoms. The minimum absolute atomic E-state index is 0.179. The van der Waals surface area contributed by atoms with Crippen molar-refractivity contribution in [1.82, 2.24) is 14.7 Å². The third-order valence-electron chi connectivity index (χ3n) is 4.41. The SMILES string of the molecule is CCN1CCN(CC)CCN(CC(C)CC(C)O)CC1. The Balaban J connectivity index is 2.50. The quantitative estimate of drug-likeness (QED) is 0.798. The molecule has 0 aromatic carbocycles.